The Kier molecular flexibility index (Phi) is 25.9. The number of benzene rings is 3. The molecule has 7 amide bonds. The van der Waals surface area contributed by atoms with Crippen LogP contribution in [0.25, 0.3) is 0 Å². The van der Waals surface area contributed by atoms with E-state index >= 15 is 9.59 Å². The summed E-state index contributed by atoms with van der Waals surface area (Å²) in [5.41, 5.74) is -0.950. The summed E-state index contributed by atoms with van der Waals surface area (Å²) >= 11 is 0. The largest absolute Gasteiger partial charge is 0.455 e. The van der Waals surface area contributed by atoms with Gasteiger partial charge in [0.2, 0.25) is 23.8 Å². The molecule has 27 nitrogen and oxygen atoms in total. The van der Waals surface area contributed by atoms with E-state index in [0.717, 1.165) is 4.90 Å². The van der Waals surface area contributed by atoms with Crippen LogP contribution in [-0.4, -0.2) is 195 Å². The van der Waals surface area contributed by atoms with Crippen LogP contribution in [0, 0.1) is 28.1 Å². The number of hydrogen-bond acceptors (Lipinski definition) is 20. The number of methoxy groups -OCH3 is 2. The predicted molar refractivity (Wildman–Crippen MR) is 366 cm³/mol. The number of fused-ring (bicyclic) bond motifs is 5. The molecule has 0 spiro atoms. The van der Waals surface area contributed by atoms with Gasteiger partial charge in [0.15, 0.2) is 11.4 Å². The van der Waals surface area contributed by atoms with E-state index in [1.165, 1.54) is 52.3 Å². The Morgan fingerprint density at radius 1 is 0.810 bits per heavy atom. The summed E-state index contributed by atoms with van der Waals surface area (Å²) < 4.78 is 49.8. The molecule has 7 rings (SSSR count). The minimum absolute atomic E-state index is 0.00692. The molecule has 27 heteroatoms. The second-order valence-corrected chi connectivity index (χ2v) is 29.1. The number of primary amides is 1. The van der Waals surface area contributed by atoms with Crippen molar-refractivity contribution in [1.29, 1.82) is 0 Å². The lowest BCUT2D eigenvalue weighted by atomic mass is 9.44. The molecule has 1 aliphatic heterocycles. The summed E-state index contributed by atoms with van der Waals surface area (Å²) in [6.07, 6.45) is -10.5. The van der Waals surface area contributed by atoms with Gasteiger partial charge in [-0.3, -0.25) is 24.0 Å². The van der Waals surface area contributed by atoms with Crippen molar-refractivity contribution < 1.29 is 90.9 Å². The fourth-order valence-electron chi connectivity index (χ4n) is 14.3. The van der Waals surface area contributed by atoms with Gasteiger partial charge >= 0.3 is 36.1 Å². The highest BCUT2D eigenvalue weighted by atomic mass is 16.6. The number of ketones is 1. The van der Waals surface area contributed by atoms with Crippen molar-refractivity contribution in [3.63, 3.8) is 0 Å². The van der Waals surface area contributed by atoms with Crippen molar-refractivity contribution in [2.24, 2.45) is 33.8 Å². The SMILES string of the molecule is CO[C@H]1C(=O)[C@]2(C)[C@@H](OC)C[C@H]3OC[C@@]3(OC(C)=O)[C@H]2[C@H](OC(=O)c2ccccc2)[C@]2(O)C[C@H](OC(=O)[C@H](OC(=O)N(C)CCN(C)C(=O)OCc3ccc(NC(=O)[C@H](CCCNC(N)=O)NC(=O)[C@@H](NC(C)C)C(C)C)cc3)[C@@H](NC(=O)CC(C)(C)C)c3ccccc3)C(C)=C1C2(C)C. The van der Waals surface area contributed by atoms with Gasteiger partial charge in [-0.1, -0.05) is 123 Å². The highest BCUT2D eigenvalue weighted by Gasteiger charge is 2.78. The van der Waals surface area contributed by atoms with Crippen LogP contribution in [0.2, 0.25) is 0 Å². The van der Waals surface area contributed by atoms with Crippen LogP contribution in [0.15, 0.2) is 96.1 Å². The Labute approximate surface area is 585 Å². The first-order chi connectivity index (χ1) is 46.9. The molecule has 4 aliphatic rings. The number of nitrogens with one attached hydrogen (secondary N) is 5. The summed E-state index contributed by atoms with van der Waals surface area (Å²) in [6.45, 7) is 20.3. The fraction of sp³-hybridized carbons (Fsp3) is 0.589. The minimum Gasteiger partial charge on any atom is -0.455 e. The molecule has 548 valence electrons. The fourth-order valence-corrected chi connectivity index (χ4v) is 14.3. The van der Waals surface area contributed by atoms with Gasteiger partial charge in [-0.15, -0.1) is 0 Å². The number of nitrogens with zero attached hydrogens (tertiary/aromatic N) is 2. The minimum atomic E-state index is -2.36. The standard InChI is InChI=1S/C73H102N8O19/c1-41(2)55(76-42(3)4)63(86)78-49(28-23-33-75-66(74)89)62(85)77-48-31-29-45(30-32-48)39-95-67(90)80(13)34-35-81(14)68(91)98-58(56(46-24-19-17-20-25-46)79-53(83)38-69(7,8)9)65(88)97-50-37-73(92)61(99-64(87)47-26-21-18-22-27-47)59-71(12,60(84)57(94-16)54(43(50)5)70(73,10)11)51(93-15)36-52-72(59,40-96-52)100-44(6)82/h17-22,24-27,29-32,41-42,49-52,55-59,61,76,92H,23,28,33-40H2,1-16H3,(H,77,85)(H,78,86)(H,79,83)(H3,74,75,89)/t49-,50-,51-,52+,55-,56-,57+,58+,59-,61-,71+,72-,73+/m0/s1. The Bertz CT molecular complexity index is 3470. The number of urea groups is 1. The number of rotatable bonds is 28. The quantitative estimate of drug-likeness (QED) is 0.0169. The summed E-state index contributed by atoms with van der Waals surface area (Å²) in [5, 5.41) is 28.6. The van der Waals surface area contributed by atoms with Crippen molar-refractivity contribution in [3.8, 4) is 0 Å². The molecule has 0 radical (unpaired) electrons. The number of aliphatic hydroxyl groups is 1. The van der Waals surface area contributed by atoms with Crippen LogP contribution in [0.4, 0.5) is 20.1 Å². The maximum atomic E-state index is 16.0. The molecule has 100 heavy (non-hydrogen) atoms. The Hall–Kier alpha value is -8.50. The number of nitrogens with two attached hydrogens (primary N) is 1. The second-order valence-electron chi connectivity index (χ2n) is 29.1. The zero-order valence-corrected chi connectivity index (χ0v) is 60.3. The first kappa shape index (κ1) is 78.8. The highest BCUT2D eigenvalue weighted by Crippen LogP contribution is 2.65. The van der Waals surface area contributed by atoms with Crippen LogP contribution in [0.3, 0.4) is 0 Å². The molecule has 3 fully saturated rings. The average molecular weight is 1400 g/mol. The summed E-state index contributed by atoms with van der Waals surface area (Å²) in [7, 11) is 5.56. The van der Waals surface area contributed by atoms with Gasteiger partial charge in [0.05, 0.1) is 35.6 Å². The van der Waals surface area contributed by atoms with Crippen LogP contribution in [-0.2, 0) is 73.3 Å². The summed E-state index contributed by atoms with van der Waals surface area (Å²) in [5.74, 6) is -6.29. The molecule has 1 heterocycles. The van der Waals surface area contributed by atoms with Gasteiger partial charge < -0.3 is 85.1 Å². The molecule has 13 atom stereocenters. The lowest BCUT2D eigenvalue weighted by Gasteiger charge is -2.67. The Balaban J connectivity index is 1.14. The average Bonchev–Trinajstić information content (AvgIpc) is 0.669. The molecular formula is C73H102N8O19. The maximum Gasteiger partial charge on any atom is 0.410 e. The lowest BCUT2D eigenvalue weighted by molar-refractivity contribution is -0.347. The molecule has 2 bridgehead atoms. The Morgan fingerprint density at radius 3 is 1.98 bits per heavy atom. The molecular weight excluding hydrogens is 1290 g/mol. The van der Waals surface area contributed by atoms with Crippen LogP contribution >= 0.6 is 0 Å². The van der Waals surface area contributed by atoms with E-state index in [0.29, 0.717) is 23.2 Å². The number of hydrogen-bond donors (Lipinski definition) is 7. The van der Waals surface area contributed by atoms with Crippen LogP contribution < -0.4 is 32.3 Å². The van der Waals surface area contributed by atoms with E-state index in [-0.39, 0.29) is 86.7 Å². The van der Waals surface area contributed by atoms with E-state index < -0.39 is 148 Å². The van der Waals surface area contributed by atoms with Crippen LogP contribution in [0.1, 0.15) is 143 Å². The monoisotopic (exact) mass is 1390 g/mol. The van der Waals surface area contributed by atoms with Gasteiger partial charge in [-0.05, 0) is 84.6 Å². The predicted octanol–water partition coefficient (Wildman–Crippen LogP) is 6.83. The highest BCUT2D eigenvalue weighted by molar-refractivity contribution is 5.98. The smallest absolute Gasteiger partial charge is 0.410 e. The van der Waals surface area contributed by atoms with E-state index in [4.69, 9.17) is 43.6 Å². The summed E-state index contributed by atoms with van der Waals surface area (Å²) in [4.78, 5) is 143. The third-order valence-electron chi connectivity index (χ3n) is 19.6. The second kappa shape index (κ2) is 32.9. The summed E-state index contributed by atoms with van der Waals surface area (Å²) in [6, 6.07) is 19.1. The van der Waals surface area contributed by atoms with Crippen molar-refractivity contribution in [1.82, 2.24) is 31.1 Å². The molecule has 3 aromatic rings. The van der Waals surface area contributed by atoms with Crippen molar-refractivity contribution >= 4 is 65.3 Å². The zero-order valence-electron chi connectivity index (χ0n) is 60.3. The van der Waals surface area contributed by atoms with E-state index in [9.17, 15) is 43.5 Å². The molecule has 3 aliphatic carbocycles. The first-order valence-corrected chi connectivity index (χ1v) is 33.9. The van der Waals surface area contributed by atoms with Gasteiger partial charge in [-0.25, -0.2) is 24.0 Å². The lowest BCUT2D eigenvalue weighted by Crippen LogP contribution is -2.82. The first-order valence-electron chi connectivity index (χ1n) is 33.9. The number of amides is 7. The number of carbonyl (C=O) groups excluding carboxylic acids is 10. The van der Waals surface area contributed by atoms with Gasteiger partial charge in [0, 0.05) is 91.3 Å². The van der Waals surface area contributed by atoms with Gasteiger partial charge in [0.1, 0.15) is 48.7 Å². The van der Waals surface area contributed by atoms with E-state index in [1.807, 2.05) is 48.5 Å². The van der Waals surface area contributed by atoms with Crippen molar-refractivity contribution in [3.05, 3.63) is 113 Å². The number of anilines is 1. The zero-order chi connectivity index (χ0) is 74.0. The molecule has 1 saturated heterocycles. The number of esters is 3. The number of Topliss-reactive ketones (excluding diaryl/α,β-unsaturated/α-hetero) is 1. The van der Waals surface area contributed by atoms with Crippen LogP contribution in [0.5, 0.6) is 0 Å². The topological polar surface area (TPSA) is 357 Å². The molecule has 0 aromatic heterocycles. The van der Waals surface area contributed by atoms with Crippen molar-refractivity contribution in [2.75, 3.05) is 59.9 Å². The van der Waals surface area contributed by atoms with E-state index in [2.05, 4.69) is 26.6 Å². The molecule has 8 N–H and O–H groups in total. The third-order valence-corrected chi connectivity index (χ3v) is 19.6. The third kappa shape index (κ3) is 17.8. The Morgan fingerprint density at radius 2 is 1.43 bits per heavy atom. The number of carbonyl (C=O) groups is 10. The van der Waals surface area contributed by atoms with E-state index in [1.54, 1.807) is 100 Å². The normalized spacial score (nSPS) is 24.9. The van der Waals surface area contributed by atoms with Gasteiger partial charge in [0.25, 0.3) is 0 Å². The molecule has 3 aromatic carbocycles. The van der Waals surface area contributed by atoms with Crippen molar-refractivity contribution in [2.45, 2.75) is 194 Å². The molecule has 2 saturated carbocycles. The van der Waals surface area contributed by atoms with Gasteiger partial charge in [-0.2, -0.15) is 0 Å². The maximum absolute atomic E-state index is 16.0. The number of likely N-dealkylation sites (N-methyl/N-ethyl adjacent to an activating group) is 2. The number of ether oxygens (including phenoxy) is 8. The molecule has 0 unspecified atom stereocenters.